The maximum Gasteiger partial charge on any atom is 0.414 e. The van der Waals surface area contributed by atoms with Gasteiger partial charge in [-0.05, 0) is 50.7 Å². The standard InChI is InChI=1S/C25H33FN2O3.C2H2O4/c1-16-7-8-19-17(22(29)30-25(19)18(16)9-10-24(2)23(25)31-24)15-27-11-13-28(14-12-27)21-6-4-3-5-20(21)26;3-1(4)2(5)6/h3-6,16-19,23H,7-15H2,1-2H3;(H,3,4)(H,5,6). The number of carboxylic acids is 2. The molecule has 2 aliphatic carbocycles. The van der Waals surface area contributed by atoms with Crippen molar-refractivity contribution in [2.24, 2.45) is 23.7 Å². The number of esters is 1. The lowest BCUT2D eigenvalue weighted by molar-refractivity contribution is -0.168. The molecular formula is C27H35FN2O7. The number of carboxylic acid groups (broad SMARTS) is 2. The van der Waals surface area contributed by atoms with E-state index in [9.17, 15) is 9.18 Å². The van der Waals surface area contributed by atoms with E-state index in [2.05, 4.69) is 23.6 Å². The molecule has 9 nitrogen and oxygen atoms in total. The van der Waals surface area contributed by atoms with Crippen molar-refractivity contribution >= 4 is 23.6 Å². The molecule has 5 fully saturated rings. The highest BCUT2D eigenvalue weighted by molar-refractivity contribution is 6.27. The molecule has 2 saturated carbocycles. The Morgan fingerprint density at radius 3 is 2.38 bits per heavy atom. The van der Waals surface area contributed by atoms with Crippen molar-refractivity contribution in [1.82, 2.24) is 4.90 Å². The summed E-state index contributed by atoms with van der Waals surface area (Å²) in [6.45, 7) is 8.52. The second kappa shape index (κ2) is 9.54. The fraction of sp³-hybridized carbons (Fsp3) is 0.667. The molecule has 6 rings (SSSR count). The van der Waals surface area contributed by atoms with Crippen molar-refractivity contribution in [1.29, 1.82) is 0 Å². The van der Waals surface area contributed by atoms with Gasteiger partial charge in [-0.15, -0.1) is 0 Å². The molecule has 0 amide bonds. The van der Waals surface area contributed by atoms with Crippen LogP contribution in [-0.2, 0) is 23.9 Å². The van der Waals surface area contributed by atoms with Crippen LogP contribution in [0.15, 0.2) is 24.3 Å². The number of rotatable bonds is 3. The number of fused-ring (bicyclic) bond motifs is 1. The van der Waals surface area contributed by atoms with Crippen LogP contribution in [-0.4, -0.2) is 83.1 Å². The minimum atomic E-state index is -1.82. The summed E-state index contributed by atoms with van der Waals surface area (Å²) < 4.78 is 26.7. The summed E-state index contributed by atoms with van der Waals surface area (Å²) >= 11 is 0. The van der Waals surface area contributed by atoms with Crippen molar-refractivity contribution in [2.75, 3.05) is 37.6 Å². The summed E-state index contributed by atoms with van der Waals surface area (Å²) in [4.78, 5) is 35.9. The van der Waals surface area contributed by atoms with E-state index in [1.807, 2.05) is 12.1 Å². The fourth-order valence-corrected chi connectivity index (χ4v) is 7.42. The van der Waals surface area contributed by atoms with Crippen LogP contribution < -0.4 is 4.90 Å². The highest BCUT2D eigenvalue weighted by Crippen LogP contribution is 2.66. The number of hydrogen-bond donors (Lipinski definition) is 2. The van der Waals surface area contributed by atoms with Gasteiger partial charge < -0.3 is 24.6 Å². The van der Waals surface area contributed by atoms with Gasteiger partial charge in [0, 0.05) is 44.6 Å². The van der Waals surface area contributed by atoms with Crippen LogP contribution in [0.25, 0.3) is 0 Å². The van der Waals surface area contributed by atoms with Crippen molar-refractivity contribution in [2.45, 2.75) is 56.8 Å². The zero-order valence-corrected chi connectivity index (χ0v) is 21.3. The number of nitrogens with zero attached hydrogens (tertiary/aromatic N) is 2. The van der Waals surface area contributed by atoms with Crippen molar-refractivity contribution in [3.8, 4) is 0 Å². The Bertz CT molecular complexity index is 1060. The van der Waals surface area contributed by atoms with E-state index in [0.29, 0.717) is 17.5 Å². The quantitative estimate of drug-likeness (QED) is 0.353. The van der Waals surface area contributed by atoms with Gasteiger partial charge in [0.2, 0.25) is 0 Å². The van der Waals surface area contributed by atoms with Gasteiger partial charge in [-0.25, -0.2) is 14.0 Å². The zero-order chi connectivity index (χ0) is 26.5. The molecular weight excluding hydrogens is 483 g/mol. The smallest absolute Gasteiger partial charge is 0.414 e. The molecule has 7 unspecified atom stereocenters. The number of ether oxygens (including phenoxy) is 2. The topological polar surface area (TPSA) is 120 Å². The van der Waals surface area contributed by atoms with Gasteiger partial charge in [0.25, 0.3) is 0 Å². The molecule has 3 aliphatic heterocycles. The molecule has 0 aromatic heterocycles. The van der Waals surface area contributed by atoms with E-state index in [1.54, 1.807) is 6.07 Å². The van der Waals surface area contributed by atoms with Crippen molar-refractivity contribution in [3.63, 3.8) is 0 Å². The van der Waals surface area contributed by atoms with E-state index in [1.165, 1.54) is 12.5 Å². The summed E-state index contributed by atoms with van der Waals surface area (Å²) in [5.41, 5.74) is 0.186. The average Bonchev–Trinajstić information content (AvgIpc) is 3.49. The van der Waals surface area contributed by atoms with Crippen molar-refractivity contribution in [3.05, 3.63) is 30.1 Å². The predicted octanol–water partition coefficient (Wildman–Crippen LogP) is 2.63. The number of piperazine rings is 1. The number of hydrogen-bond acceptors (Lipinski definition) is 7. The largest absolute Gasteiger partial charge is 0.473 e. The molecule has 5 aliphatic rings. The minimum absolute atomic E-state index is 0.0135. The van der Waals surface area contributed by atoms with Gasteiger partial charge in [-0.2, -0.15) is 0 Å². The molecule has 3 heterocycles. The first-order chi connectivity index (χ1) is 17.6. The number of carbonyl (C=O) groups is 3. The minimum Gasteiger partial charge on any atom is -0.473 e. The Kier molecular flexibility index (Phi) is 6.68. The third-order valence-corrected chi connectivity index (χ3v) is 9.29. The number of benzene rings is 1. The van der Waals surface area contributed by atoms with Crippen LogP contribution in [0.1, 0.15) is 39.5 Å². The third kappa shape index (κ3) is 4.48. The second-order valence-corrected chi connectivity index (χ2v) is 11.3. The van der Waals surface area contributed by atoms with E-state index >= 15 is 0 Å². The molecule has 0 radical (unpaired) electrons. The number of aliphatic carboxylic acids is 2. The molecule has 3 saturated heterocycles. The lowest BCUT2D eigenvalue weighted by Crippen LogP contribution is -2.58. The molecule has 202 valence electrons. The van der Waals surface area contributed by atoms with Crippen LogP contribution in [0.2, 0.25) is 0 Å². The average molecular weight is 519 g/mol. The van der Waals surface area contributed by atoms with Crippen LogP contribution in [0.4, 0.5) is 10.1 Å². The summed E-state index contributed by atoms with van der Waals surface area (Å²) in [5, 5.41) is 14.8. The lowest BCUT2D eigenvalue weighted by atomic mass is 9.55. The number of carbonyl (C=O) groups excluding carboxylic acids is 1. The fourth-order valence-electron chi connectivity index (χ4n) is 7.42. The molecule has 37 heavy (non-hydrogen) atoms. The van der Waals surface area contributed by atoms with Crippen molar-refractivity contribution < 1.29 is 38.5 Å². The Labute approximate surface area is 215 Å². The van der Waals surface area contributed by atoms with E-state index in [-0.39, 0.29) is 35.3 Å². The predicted molar refractivity (Wildman–Crippen MR) is 131 cm³/mol. The van der Waals surface area contributed by atoms with Crippen LogP contribution in [0, 0.1) is 29.5 Å². The maximum absolute atomic E-state index is 14.2. The Morgan fingerprint density at radius 2 is 1.73 bits per heavy atom. The molecule has 7 atom stereocenters. The monoisotopic (exact) mass is 518 g/mol. The lowest BCUT2D eigenvalue weighted by Gasteiger charge is -2.50. The molecule has 10 heteroatoms. The van der Waals surface area contributed by atoms with Gasteiger partial charge in [0.15, 0.2) is 0 Å². The highest BCUT2D eigenvalue weighted by atomic mass is 19.1. The molecule has 1 spiro atoms. The number of epoxide rings is 1. The second-order valence-electron chi connectivity index (χ2n) is 11.3. The van der Waals surface area contributed by atoms with Gasteiger partial charge in [-0.1, -0.05) is 19.1 Å². The van der Waals surface area contributed by atoms with E-state index in [4.69, 9.17) is 29.3 Å². The zero-order valence-electron chi connectivity index (χ0n) is 21.3. The summed E-state index contributed by atoms with van der Waals surface area (Å²) in [7, 11) is 0. The van der Waals surface area contributed by atoms with Gasteiger partial charge in [0.1, 0.15) is 17.5 Å². The first-order valence-corrected chi connectivity index (χ1v) is 13.2. The summed E-state index contributed by atoms with van der Waals surface area (Å²) in [6, 6.07) is 6.99. The third-order valence-electron chi connectivity index (χ3n) is 9.29. The Hall–Kier alpha value is -2.72. The van der Waals surface area contributed by atoms with Gasteiger partial charge >= 0.3 is 17.9 Å². The SMILES string of the molecule is CC1CCC2C(CN3CCN(c4ccccc4F)CC3)C(=O)OC23C1CCC1(C)OC13.O=C(O)C(=O)O. The Morgan fingerprint density at radius 1 is 1.05 bits per heavy atom. The highest BCUT2D eigenvalue weighted by Gasteiger charge is 2.77. The molecule has 1 aromatic carbocycles. The Balaban J connectivity index is 0.000000421. The van der Waals surface area contributed by atoms with Gasteiger partial charge in [0.05, 0.1) is 17.2 Å². The number of para-hydroxylation sites is 1. The van der Waals surface area contributed by atoms with Crippen LogP contribution in [0.3, 0.4) is 0 Å². The first-order valence-electron chi connectivity index (χ1n) is 13.2. The maximum atomic E-state index is 14.2. The van der Waals surface area contributed by atoms with Crippen LogP contribution >= 0.6 is 0 Å². The summed E-state index contributed by atoms with van der Waals surface area (Å²) in [6.07, 6.45) is 4.50. The van der Waals surface area contributed by atoms with Crippen LogP contribution in [0.5, 0.6) is 0 Å². The van der Waals surface area contributed by atoms with E-state index in [0.717, 1.165) is 52.0 Å². The first kappa shape index (κ1) is 25.9. The van der Waals surface area contributed by atoms with E-state index < -0.39 is 17.5 Å². The summed E-state index contributed by atoms with van der Waals surface area (Å²) in [5.74, 6) is -2.62. The number of halogens is 1. The van der Waals surface area contributed by atoms with Gasteiger partial charge in [-0.3, -0.25) is 9.69 Å². The molecule has 1 aromatic rings. The molecule has 0 bridgehead atoms. The normalized spacial score (nSPS) is 38.3. The number of anilines is 1. The molecule has 2 N–H and O–H groups in total.